The quantitative estimate of drug-likeness (QED) is 0.519. The van der Waals surface area contributed by atoms with Gasteiger partial charge in [-0.25, -0.2) is 4.98 Å². The lowest BCUT2D eigenvalue weighted by molar-refractivity contribution is -0.130. The summed E-state index contributed by atoms with van der Waals surface area (Å²) in [7, 11) is 0. The smallest absolute Gasteiger partial charge is 0.256 e. The molecule has 0 unspecified atom stereocenters. The molecule has 0 radical (unpaired) electrons. The first-order valence-corrected chi connectivity index (χ1v) is 12.0. The van der Waals surface area contributed by atoms with E-state index >= 15 is 0 Å². The molecule has 3 rings (SSSR count). The van der Waals surface area contributed by atoms with Crippen LogP contribution in [0, 0.1) is 5.92 Å². The third-order valence-corrected chi connectivity index (χ3v) is 6.40. The number of piperidine rings is 1. The average molecular weight is 431 g/mol. The van der Waals surface area contributed by atoms with E-state index in [9.17, 15) is 9.59 Å². The van der Waals surface area contributed by atoms with Crippen LogP contribution in [-0.2, 0) is 4.79 Å². The normalized spacial score (nSPS) is 17.9. The third kappa shape index (κ3) is 7.08. The maximum atomic E-state index is 13.0. The van der Waals surface area contributed by atoms with Gasteiger partial charge in [-0.15, -0.1) is 0 Å². The molecule has 0 bridgehead atoms. The Morgan fingerprint density at radius 2 is 1.87 bits per heavy atom. The second-order valence-corrected chi connectivity index (χ2v) is 8.87. The molecular weight excluding hydrogens is 392 g/mol. The van der Waals surface area contributed by atoms with E-state index in [1.54, 1.807) is 13.1 Å². The predicted octanol–water partition coefficient (Wildman–Crippen LogP) is 3.42. The highest BCUT2D eigenvalue weighted by Gasteiger charge is 2.23. The molecule has 2 amide bonds. The maximum Gasteiger partial charge on any atom is 0.256 e. The van der Waals surface area contributed by atoms with E-state index in [2.05, 4.69) is 32.8 Å². The molecule has 8 nitrogen and oxygen atoms in total. The number of hydrogen-bond acceptors (Lipinski definition) is 6. The van der Waals surface area contributed by atoms with Crippen molar-refractivity contribution in [2.24, 2.45) is 5.92 Å². The summed E-state index contributed by atoms with van der Waals surface area (Å²) in [6.07, 6.45) is 11.6. The number of aromatic nitrogens is 2. The summed E-state index contributed by atoms with van der Waals surface area (Å²) in [5.41, 5.74) is 0.507. The van der Waals surface area contributed by atoms with E-state index < -0.39 is 0 Å². The zero-order chi connectivity index (χ0) is 22.1. The number of anilines is 2. The molecule has 0 atom stereocenters. The zero-order valence-electron chi connectivity index (χ0n) is 19.1. The van der Waals surface area contributed by atoms with Crippen molar-refractivity contribution in [1.82, 2.24) is 20.2 Å². The van der Waals surface area contributed by atoms with Crippen molar-refractivity contribution < 1.29 is 9.59 Å². The molecule has 3 N–H and O–H groups in total. The first-order valence-electron chi connectivity index (χ1n) is 12.0. The van der Waals surface area contributed by atoms with Gasteiger partial charge in [-0.3, -0.25) is 9.59 Å². The number of hydrogen-bond donors (Lipinski definition) is 3. The van der Waals surface area contributed by atoms with Gasteiger partial charge in [-0.1, -0.05) is 32.6 Å². The number of carbonyl (C=O) groups is 2. The first kappa shape index (κ1) is 23.3. The third-order valence-electron chi connectivity index (χ3n) is 6.40. The highest BCUT2D eigenvalue weighted by molar-refractivity contribution is 5.98. The Morgan fingerprint density at radius 1 is 1.13 bits per heavy atom. The molecule has 172 valence electrons. The molecule has 1 saturated carbocycles. The van der Waals surface area contributed by atoms with E-state index in [1.165, 1.54) is 19.3 Å². The summed E-state index contributed by atoms with van der Waals surface area (Å²) in [6.45, 7) is 6.74. The molecule has 0 spiro atoms. The van der Waals surface area contributed by atoms with Gasteiger partial charge in [-0.2, -0.15) is 4.98 Å². The number of rotatable bonds is 9. The van der Waals surface area contributed by atoms with Crippen molar-refractivity contribution in [3.63, 3.8) is 0 Å². The molecule has 2 aliphatic rings. The predicted molar refractivity (Wildman–Crippen MR) is 123 cm³/mol. The summed E-state index contributed by atoms with van der Waals surface area (Å²) >= 11 is 0. The van der Waals surface area contributed by atoms with E-state index in [4.69, 9.17) is 0 Å². The minimum atomic E-state index is -0.132. The highest BCUT2D eigenvalue weighted by atomic mass is 16.2. The van der Waals surface area contributed by atoms with Gasteiger partial charge in [0.2, 0.25) is 11.9 Å². The molecule has 8 heteroatoms. The van der Waals surface area contributed by atoms with Crippen LogP contribution in [0.5, 0.6) is 0 Å². The number of nitrogens with zero attached hydrogens (tertiary/aromatic N) is 3. The topological polar surface area (TPSA) is 99.3 Å². The second-order valence-electron chi connectivity index (χ2n) is 8.87. The van der Waals surface area contributed by atoms with Crippen LogP contribution >= 0.6 is 0 Å². The number of unbranched alkanes of at least 4 members (excludes halogenated alkanes) is 1. The summed E-state index contributed by atoms with van der Waals surface area (Å²) in [5.74, 6) is 1.59. The van der Waals surface area contributed by atoms with Crippen LogP contribution in [0.3, 0.4) is 0 Å². The van der Waals surface area contributed by atoms with Crippen LogP contribution in [0.25, 0.3) is 0 Å². The van der Waals surface area contributed by atoms with Crippen LogP contribution in [0.2, 0.25) is 0 Å². The summed E-state index contributed by atoms with van der Waals surface area (Å²) in [4.78, 5) is 35.4. The first-order chi connectivity index (χ1) is 15.1. The Morgan fingerprint density at radius 3 is 2.55 bits per heavy atom. The Balaban J connectivity index is 1.61. The van der Waals surface area contributed by atoms with Crippen LogP contribution in [0.15, 0.2) is 6.20 Å². The largest absolute Gasteiger partial charge is 0.367 e. The Bertz CT molecular complexity index is 727. The molecule has 1 aliphatic heterocycles. The fraction of sp³-hybridized carbons (Fsp3) is 0.739. The lowest BCUT2D eigenvalue weighted by Crippen LogP contribution is -2.40. The molecular formula is C23H38N6O2. The minimum absolute atomic E-state index is 0.130. The van der Waals surface area contributed by atoms with Gasteiger partial charge < -0.3 is 20.9 Å². The van der Waals surface area contributed by atoms with Gasteiger partial charge in [-0.05, 0) is 38.0 Å². The monoisotopic (exact) mass is 430 g/mol. The van der Waals surface area contributed by atoms with Gasteiger partial charge in [0.05, 0.1) is 0 Å². The molecule has 1 aromatic rings. The SMILES string of the molecule is CCCCNc1ncc(C(=O)NCC2CCN(C(C)=O)CC2)c(NC2CCCCC2)n1. The van der Waals surface area contributed by atoms with Crippen molar-refractivity contribution in [2.75, 3.05) is 36.8 Å². The summed E-state index contributed by atoms with van der Waals surface area (Å²) in [6, 6.07) is 0.356. The van der Waals surface area contributed by atoms with Crippen molar-refractivity contribution in [3.8, 4) is 0 Å². The zero-order valence-corrected chi connectivity index (χ0v) is 19.1. The van der Waals surface area contributed by atoms with Gasteiger partial charge in [0, 0.05) is 45.3 Å². The van der Waals surface area contributed by atoms with E-state index in [0.29, 0.717) is 35.8 Å². The summed E-state index contributed by atoms with van der Waals surface area (Å²) in [5, 5.41) is 9.86. The second kappa shape index (κ2) is 11.9. The average Bonchev–Trinajstić information content (AvgIpc) is 2.79. The molecule has 1 aliphatic carbocycles. The lowest BCUT2D eigenvalue weighted by atomic mass is 9.95. The summed E-state index contributed by atoms with van der Waals surface area (Å²) < 4.78 is 0. The fourth-order valence-electron chi connectivity index (χ4n) is 4.34. The fourth-order valence-corrected chi connectivity index (χ4v) is 4.34. The maximum absolute atomic E-state index is 13.0. The van der Waals surface area contributed by atoms with Gasteiger partial charge >= 0.3 is 0 Å². The highest BCUT2D eigenvalue weighted by Crippen LogP contribution is 2.23. The van der Waals surface area contributed by atoms with Gasteiger partial charge in [0.25, 0.3) is 5.91 Å². The standard InChI is InChI=1S/C23H38N6O2/c1-3-4-12-24-23-26-16-20(21(28-23)27-19-8-6-5-7-9-19)22(31)25-15-18-10-13-29(14-11-18)17(2)30/h16,18-19H,3-15H2,1-2H3,(H,25,31)(H2,24,26,27,28). The Labute approximate surface area is 186 Å². The Kier molecular flexibility index (Phi) is 8.91. The van der Waals surface area contributed by atoms with Crippen LogP contribution in [0.4, 0.5) is 11.8 Å². The Hall–Kier alpha value is -2.38. The molecule has 31 heavy (non-hydrogen) atoms. The number of amides is 2. The molecule has 2 fully saturated rings. The van der Waals surface area contributed by atoms with E-state index in [1.807, 2.05) is 4.90 Å². The molecule has 2 heterocycles. The lowest BCUT2D eigenvalue weighted by Gasteiger charge is -2.31. The van der Waals surface area contributed by atoms with Crippen LogP contribution in [-0.4, -0.2) is 58.9 Å². The van der Waals surface area contributed by atoms with Gasteiger partial charge in [0.1, 0.15) is 11.4 Å². The van der Waals surface area contributed by atoms with E-state index in [-0.39, 0.29) is 11.8 Å². The number of likely N-dealkylation sites (tertiary alicyclic amines) is 1. The molecule has 1 saturated heterocycles. The van der Waals surface area contributed by atoms with Crippen molar-refractivity contribution in [1.29, 1.82) is 0 Å². The van der Waals surface area contributed by atoms with Crippen molar-refractivity contribution in [2.45, 2.75) is 77.7 Å². The van der Waals surface area contributed by atoms with Crippen LogP contribution in [0.1, 0.15) is 82.0 Å². The van der Waals surface area contributed by atoms with Crippen LogP contribution < -0.4 is 16.0 Å². The minimum Gasteiger partial charge on any atom is -0.367 e. The number of carbonyl (C=O) groups excluding carboxylic acids is 2. The molecule has 0 aromatic carbocycles. The van der Waals surface area contributed by atoms with Gasteiger partial charge in [0.15, 0.2) is 0 Å². The number of nitrogens with one attached hydrogen (secondary N) is 3. The molecule has 1 aromatic heterocycles. The van der Waals surface area contributed by atoms with Crippen molar-refractivity contribution >= 4 is 23.6 Å². The van der Waals surface area contributed by atoms with E-state index in [0.717, 1.165) is 58.2 Å². The van der Waals surface area contributed by atoms with Crippen molar-refractivity contribution in [3.05, 3.63) is 11.8 Å².